The smallest absolute Gasteiger partial charge is 0.408 e. The van der Waals surface area contributed by atoms with Crippen molar-refractivity contribution in [2.24, 2.45) is 5.92 Å². The summed E-state index contributed by atoms with van der Waals surface area (Å²) >= 11 is 0. The van der Waals surface area contributed by atoms with Crippen LogP contribution in [0, 0.1) is 5.92 Å². The summed E-state index contributed by atoms with van der Waals surface area (Å²) in [7, 11) is 0. The van der Waals surface area contributed by atoms with E-state index in [1.54, 1.807) is 20.8 Å². The van der Waals surface area contributed by atoms with Gasteiger partial charge in [-0.15, -0.1) is 10.2 Å². The van der Waals surface area contributed by atoms with Gasteiger partial charge in [0.05, 0.1) is 12.6 Å². The average molecular weight is 666 g/mol. The van der Waals surface area contributed by atoms with E-state index in [1.165, 1.54) is 9.70 Å². The summed E-state index contributed by atoms with van der Waals surface area (Å²) in [4.78, 5) is 56.1. The van der Waals surface area contributed by atoms with Gasteiger partial charge in [0, 0.05) is 24.4 Å². The van der Waals surface area contributed by atoms with E-state index in [-0.39, 0.29) is 25.3 Å². The van der Waals surface area contributed by atoms with Gasteiger partial charge < -0.3 is 30.1 Å². The summed E-state index contributed by atoms with van der Waals surface area (Å²) in [6.07, 6.45) is 8.91. The van der Waals surface area contributed by atoms with Gasteiger partial charge in [-0.25, -0.2) is 9.59 Å². The molecule has 2 fully saturated rings. The van der Waals surface area contributed by atoms with Gasteiger partial charge in [0.15, 0.2) is 0 Å². The topological polar surface area (TPSA) is 178 Å². The summed E-state index contributed by atoms with van der Waals surface area (Å²) in [5, 5.41) is 28.7. The van der Waals surface area contributed by atoms with Crippen LogP contribution in [0.4, 0.5) is 4.79 Å². The molecule has 0 unspecified atom stereocenters. The Morgan fingerprint density at radius 1 is 1.15 bits per heavy atom. The molecule has 5 atom stereocenters. The van der Waals surface area contributed by atoms with E-state index in [9.17, 15) is 24.3 Å². The predicted molar refractivity (Wildman–Crippen MR) is 175 cm³/mol. The van der Waals surface area contributed by atoms with E-state index in [4.69, 9.17) is 9.47 Å². The van der Waals surface area contributed by atoms with Crippen LogP contribution in [0.15, 0.2) is 36.4 Å². The van der Waals surface area contributed by atoms with Gasteiger partial charge in [0.2, 0.25) is 17.6 Å². The SMILES string of the molecule is CCCCOc1ccc(-c2nnn([C@@H]3C[C@H]4C(=O)N[C@]5(C(=O)O)C[C@@H]5/C=C\CCCCC[C@H](NC(=O)OC(C)(C)C)C(=O)N4C3)n2)cc1. The average Bonchev–Trinajstić information content (AvgIpc) is 3.34. The second kappa shape index (κ2) is 14.7. The third-order valence-electron chi connectivity index (χ3n) is 8.96. The molecule has 2 aliphatic heterocycles. The van der Waals surface area contributed by atoms with Gasteiger partial charge in [-0.1, -0.05) is 38.3 Å². The maximum absolute atomic E-state index is 14.2. The van der Waals surface area contributed by atoms with Gasteiger partial charge in [-0.05, 0) is 82.4 Å². The maximum Gasteiger partial charge on any atom is 0.408 e. The molecule has 14 heteroatoms. The molecule has 2 aromatic rings. The van der Waals surface area contributed by atoms with Crippen LogP contribution in [0.5, 0.6) is 5.75 Å². The molecule has 14 nitrogen and oxygen atoms in total. The second-order valence-corrected chi connectivity index (χ2v) is 13.9. The molecular formula is C34H47N7O7. The number of carbonyl (C=O) groups excluding carboxylic acids is 3. The number of unbranched alkanes of at least 4 members (excludes halogenated alkanes) is 1. The number of carboxylic acids is 1. The van der Waals surface area contributed by atoms with Crippen molar-refractivity contribution in [2.45, 2.75) is 115 Å². The number of carboxylic acid groups (broad SMARTS) is 1. The molecule has 260 valence electrons. The number of amides is 3. The van der Waals surface area contributed by atoms with Crippen molar-refractivity contribution in [2.75, 3.05) is 13.2 Å². The number of tetrazole rings is 1. The van der Waals surface area contributed by atoms with Crippen molar-refractivity contribution in [3.05, 3.63) is 36.4 Å². The molecule has 5 rings (SSSR count). The Bertz CT molecular complexity index is 1500. The van der Waals surface area contributed by atoms with E-state index in [0.717, 1.165) is 43.4 Å². The number of fused-ring (bicyclic) bond motifs is 2. The molecule has 1 saturated carbocycles. The molecule has 1 saturated heterocycles. The number of nitrogens with zero attached hydrogens (tertiary/aromatic N) is 5. The first-order valence-corrected chi connectivity index (χ1v) is 16.9. The minimum Gasteiger partial charge on any atom is -0.494 e. The third-order valence-corrected chi connectivity index (χ3v) is 8.96. The lowest BCUT2D eigenvalue weighted by atomic mass is 10.0. The van der Waals surface area contributed by atoms with Crippen LogP contribution in [-0.4, -0.2) is 90.5 Å². The number of hydrogen-bond donors (Lipinski definition) is 3. The van der Waals surface area contributed by atoms with E-state index < -0.39 is 53.1 Å². The Hall–Kier alpha value is -4.49. The van der Waals surface area contributed by atoms with E-state index in [1.807, 2.05) is 36.4 Å². The lowest BCUT2D eigenvalue weighted by Gasteiger charge is -2.30. The fourth-order valence-corrected chi connectivity index (χ4v) is 6.22. The molecule has 3 N–H and O–H groups in total. The second-order valence-electron chi connectivity index (χ2n) is 13.9. The predicted octanol–water partition coefficient (Wildman–Crippen LogP) is 4.03. The molecule has 3 heterocycles. The maximum atomic E-state index is 14.2. The molecule has 1 aromatic heterocycles. The van der Waals surface area contributed by atoms with Crippen molar-refractivity contribution >= 4 is 23.9 Å². The Labute approximate surface area is 280 Å². The van der Waals surface area contributed by atoms with E-state index in [0.29, 0.717) is 25.3 Å². The van der Waals surface area contributed by atoms with Crippen LogP contribution in [0.3, 0.4) is 0 Å². The number of alkyl carbamates (subject to hydrolysis) is 1. The van der Waals surface area contributed by atoms with Gasteiger partial charge in [0.25, 0.3) is 0 Å². The van der Waals surface area contributed by atoms with Crippen molar-refractivity contribution in [1.82, 2.24) is 35.7 Å². The number of rotatable bonds is 8. The van der Waals surface area contributed by atoms with Gasteiger partial charge >= 0.3 is 12.1 Å². The summed E-state index contributed by atoms with van der Waals surface area (Å²) < 4.78 is 11.2. The van der Waals surface area contributed by atoms with Crippen LogP contribution < -0.4 is 15.4 Å². The van der Waals surface area contributed by atoms with Gasteiger partial charge in [0.1, 0.15) is 29.0 Å². The normalized spacial score (nSPS) is 27.0. The number of nitrogens with one attached hydrogen (secondary N) is 2. The first kappa shape index (κ1) is 34.8. The molecule has 48 heavy (non-hydrogen) atoms. The Morgan fingerprint density at radius 3 is 2.62 bits per heavy atom. The number of allylic oxidation sites excluding steroid dienone is 1. The van der Waals surface area contributed by atoms with E-state index >= 15 is 0 Å². The van der Waals surface area contributed by atoms with Crippen molar-refractivity contribution in [1.29, 1.82) is 0 Å². The van der Waals surface area contributed by atoms with E-state index in [2.05, 4.69) is 33.0 Å². The molecular weight excluding hydrogens is 618 g/mol. The van der Waals surface area contributed by atoms with Crippen molar-refractivity contribution in [3.8, 4) is 17.1 Å². The fraction of sp³-hybridized carbons (Fsp3) is 0.618. The fourth-order valence-electron chi connectivity index (χ4n) is 6.22. The molecule has 3 amide bonds. The van der Waals surface area contributed by atoms with Gasteiger partial charge in [-0.3, -0.25) is 9.59 Å². The number of aromatic nitrogens is 4. The number of aliphatic carboxylic acids is 1. The lowest BCUT2D eigenvalue weighted by molar-refractivity contribution is -0.145. The standard InChI is InChI=1S/C34H47N7O7/c1-5-6-18-47-25-16-14-22(15-17-25)28-37-39-41(38-28)24-19-27-29(42)36-34(31(44)45)20-23(34)12-10-8-7-9-11-13-26(30(43)40(27)21-24)35-32(46)48-33(2,3)4/h10,12,14-17,23-24,26-27H,5-9,11,13,18-21H2,1-4H3,(H,35,46)(H,36,42)(H,44,45)/b12-10-/t23-,24+,26-,27-,34+/m0/s1. The highest BCUT2D eigenvalue weighted by molar-refractivity contribution is 5.96. The summed E-state index contributed by atoms with van der Waals surface area (Å²) in [5.74, 6) is -1.36. The zero-order valence-electron chi connectivity index (χ0n) is 28.2. The molecule has 3 aliphatic rings. The Balaban J connectivity index is 1.40. The summed E-state index contributed by atoms with van der Waals surface area (Å²) in [6, 6.07) is 4.88. The number of benzene rings is 1. The zero-order chi connectivity index (χ0) is 34.5. The third kappa shape index (κ3) is 8.32. The minimum atomic E-state index is -1.43. The molecule has 0 spiro atoms. The Morgan fingerprint density at radius 2 is 1.92 bits per heavy atom. The molecule has 0 bridgehead atoms. The van der Waals surface area contributed by atoms with Crippen LogP contribution in [-0.2, 0) is 19.1 Å². The number of ether oxygens (including phenoxy) is 2. The first-order chi connectivity index (χ1) is 22.9. The summed E-state index contributed by atoms with van der Waals surface area (Å²) in [5.41, 5.74) is -1.48. The molecule has 1 aliphatic carbocycles. The minimum absolute atomic E-state index is 0.0623. The highest BCUT2D eigenvalue weighted by Gasteiger charge is 2.61. The van der Waals surface area contributed by atoms with Crippen molar-refractivity contribution in [3.63, 3.8) is 0 Å². The van der Waals surface area contributed by atoms with Crippen LogP contribution in [0.25, 0.3) is 11.4 Å². The number of hydrogen-bond acceptors (Lipinski definition) is 9. The quantitative estimate of drug-likeness (QED) is 0.275. The largest absolute Gasteiger partial charge is 0.494 e. The van der Waals surface area contributed by atoms with Crippen LogP contribution in [0.1, 0.15) is 91.5 Å². The highest BCUT2D eigenvalue weighted by Crippen LogP contribution is 2.45. The molecule has 0 radical (unpaired) electrons. The highest BCUT2D eigenvalue weighted by atomic mass is 16.6. The van der Waals surface area contributed by atoms with Crippen LogP contribution >= 0.6 is 0 Å². The van der Waals surface area contributed by atoms with Crippen molar-refractivity contribution < 1.29 is 33.8 Å². The van der Waals surface area contributed by atoms with Gasteiger partial charge in [-0.2, -0.15) is 4.80 Å². The monoisotopic (exact) mass is 665 g/mol. The first-order valence-electron chi connectivity index (χ1n) is 16.9. The van der Waals surface area contributed by atoms with Crippen LogP contribution in [0.2, 0.25) is 0 Å². The lowest BCUT2D eigenvalue weighted by Crippen LogP contribution is -2.56. The number of carbonyl (C=O) groups is 4. The zero-order valence-corrected chi connectivity index (χ0v) is 28.2. The Kier molecular flexibility index (Phi) is 10.7. The molecule has 1 aromatic carbocycles. The summed E-state index contributed by atoms with van der Waals surface area (Å²) in [6.45, 7) is 8.01.